The van der Waals surface area contributed by atoms with Gasteiger partial charge in [0.2, 0.25) is 17.2 Å². The molecule has 1 aromatic heterocycles. The second kappa shape index (κ2) is 18.8. The first-order chi connectivity index (χ1) is 33.6. The number of carbonyl (C=O) groups is 2. The Bertz CT molecular complexity index is 3260. The van der Waals surface area contributed by atoms with Gasteiger partial charge in [0.05, 0.1) is 0 Å². The molecule has 9 rings (SSSR count). The van der Waals surface area contributed by atoms with E-state index in [0.29, 0.717) is 34.0 Å². The van der Waals surface area contributed by atoms with Crippen molar-refractivity contribution in [2.45, 2.75) is 31.6 Å². The maximum Gasteiger partial charge on any atom is 0.411 e. The topological polar surface area (TPSA) is 91.5 Å². The van der Waals surface area contributed by atoms with E-state index in [1.807, 2.05) is 86.6 Å². The van der Waals surface area contributed by atoms with Gasteiger partial charge in [-0.3, -0.25) is 9.59 Å². The third-order valence-electron chi connectivity index (χ3n) is 11.8. The fraction of sp³-hybridized carbons (Fsp3) is 0.0877. The molecule has 0 saturated carbocycles. The van der Waals surface area contributed by atoms with Crippen molar-refractivity contribution in [2.75, 3.05) is 0 Å². The largest absolute Gasteiger partial charge is 0.457 e. The maximum atomic E-state index is 15.0. The highest BCUT2D eigenvalue weighted by atomic mass is 19.4. The minimum atomic E-state index is -5.82. The molecular weight excluding hydrogens is 907 g/mol. The SMILES string of the molecule is Cc1ccc(C(=O)c2ccc(Oc3ccc(C(c4ccc(Oc5ccc(C(=O)c6ccc(-c7ccc(-c8nnc(-c9ccc(C)cc9)o8)cc7)cc6)cc5)cc4)(C(F)(F)F)C(F)(F)F)cc3)cc2)cc1. The van der Waals surface area contributed by atoms with E-state index < -0.39 is 28.9 Å². The van der Waals surface area contributed by atoms with Crippen LogP contribution in [0.15, 0.2) is 199 Å². The number of rotatable bonds is 13. The zero-order valence-corrected chi connectivity index (χ0v) is 37.2. The van der Waals surface area contributed by atoms with Gasteiger partial charge >= 0.3 is 12.4 Å². The summed E-state index contributed by atoms with van der Waals surface area (Å²) in [6.45, 7) is 3.89. The van der Waals surface area contributed by atoms with Crippen LogP contribution in [0.5, 0.6) is 23.0 Å². The predicted molar refractivity (Wildman–Crippen MR) is 252 cm³/mol. The summed E-state index contributed by atoms with van der Waals surface area (Å²) >= 11 is 0. The average Bonchev–Trinajstić information content (AvgIpc) is 3.86. The molecule has 0 spiro atoms. The Morgan fingerprint density at radius 3 is 0.971 bits per heavy atom. The second-order valence-electron chi connectivity index (χ2n) is 16.5. The van der Waals surface area contributed by atoms with Crippen LogP contribution in [0.1, 0.15) is 54.1 Å². The summed E-state index contributed by atoms with van der Waals surface area (Å²) in [5, 5.41) is 8.36. The van der Waals surface area contributed by atoms with Crippen molar-refractivity contribution in [2.24, 2.45) is 0 Å². The van der Waals surface area contributed by atoms with Gasteiger partial charge < -0.3 is 13.9 Å². The summed E-state index contributed by atoms with van der Waals surface area (Å²) in [5.41, 5.74) is 0.443. The van der Waals surface area contributed by atoms with Crippen LogP contribution in [0.3, 0.4) is 0 Å². The highest BCUT2D eigenvalue weighted by Crippen LogP contribution is 2.56. The molecule has 8 aromatic carbocycles. The lowest BCUT2D eigenvalue weighted by Crippen LogP contribution is -2.54. The molecule has 70 heavy (non-hydrogen) atoms. The summed E-state index contributed by atoms with van der Waals surface area (Å²) < 4.78 is 107. The van der Waals surface area contributed by atoms with Crippen molar-refractivity contribution in [3.05, 3.63) is 239 Å². The van der Waals surface area contributed by atoms with Crippen molar-refractivity contribution in [1.82, 2.24) is 10.2 Å². The van der Waals surface area contributed by atoms with Gasteiger partial charge in [-0.15, -0.1) is 10.2 Å². The fourth-order valence-corrected chi connectivity index (χ4v) is 7.96. The van der Waals surface area contributed by atoms with E-state index in [2.05, 4.69) is 10.2 Å². The van der Waals surface area contributed by atoms with Crippen LogP contribution >= 0.6 is 0 Å². The zero-order valence-electron chi connectivity index (χ0n) is 37.2. The summed E-state index contributed by atoms with van der Waals surface area (Å²) in [5.74, 6) is 0.624. The minimum absolute atomic E-state index is 0.0250. The number of benzene rings is 8. The zero-order chi connectivity index (χ0) is 49.2. The van der Waals surface area contributed by atoms with Gasteiger partial charge in [-0.1, -0.05) is 108 Å². The molecule has 0 aliphatic heterocycles. The molecule has 1 heterocycles. The van der Waals surface area contributed by atoms with E-state index in [-0.39, 0.29) is 34.6 Å². The Morgan fingerprint density at radius 1 is 0.371 bits per heavy atom. The maximum absolute atomic E-state index is 15.0. The molecule has 0 aliphatic rings. The second-order valence-corrected chi connectivity index (χ2v) is 16.5. The predicted octanol–water partition coefficient (Wildman–Crippen LogP) is 15.1. The fourth-order valence-electron chi connectivity index (χ4n) is 7.96. The number of hydrogen-bond donors (Lipinski definition) is 0. The third kappa shape index (κ3) is 9.46. The first kappa shape index (κ1) is 46.5. The Kier molecular flexibility index (Phi) is 12.5. The van der Waals surface area contributed by atoms with Gasteiger partial charge in [0.25, 0.3) is 0 Å². The highest BCUT2D eigenvalue weighted by molar-refractivity contribution is 6.09. The Balaban J connectivity index is 0.847. The standard InChI is InChI=1S/C57H38F6N2O5/c1-35-3-7-39(8-4-35)51(66)41-19-27-47(28-20-41)68-49-31-23-45(24-32-49)55(56(58,59)60,57(61,62)63)46-25-33-50(34-26-46)69-48-29-21-42(22-30-48)52(67)40-15-11-37(12-16-40)38-13-17-44(18-14-38)54-65-64-53(70-54)43-9-5-36(2)6-10-43/h3-34H,1-2H3. The monoisotopic (exact) mass is 944 g/mol. The van der Waals surface area contributed by atoms with Gasteiger partial charge in [-0.05, 0) is 133 Å². The van der Waals surface area contributed by atoms with Crippen LogP contribution in [-0.2, 0) is 5.41 Å². The summed E-state index contributed by atoms with van der Waals surface area (Å²) in [6, 6.07) is 48.4. The van der Waals surface area contributed by atoms with E-state index in [0.717, 1.165) is 81.9 Å². The number of hydrogen-bond acceptors (Lipinski definition) is 7. The van der Waals surface area contributed by atoms with Crippen LogP contribution in [0.25, 0.3) is 34.0 Å². The van der Waals surface area contributed by atoms with Gasteiger partial charge in [0.1, 0.15) is 23.0 Å². The summed E-state index contributed by atoms with van der Waals surface area (Å²) in [7, 11) is 0. The van der Waals surface area contributed by atoms with Crippen LogP contribution in [0.4, 0.5) is 26.3 Å². The highest BCUT2D eigenvalue weighted by Gasteiger charge is 2.72. The lowest BCUT2D eigenvalue weighted by Gasteiger charge is -2.38. The number of halogens is 6. The molecular formula is C57H38F6N2O5. The van der Waals surface area contributed by atoms with Crippen LogP contribution in [-0.4, -0.2) is 34.1 Å². The number of aryl methyl sites for hydroxylation is 2. The number of aromatic nitrogens is 2. The molecule has 7 nitrogen and oxygen atoms in total. The Labute approximate surface area is 397 Å². The van der Waals surface area contributed by atoms with E-state index in [1.54, 1.807) is 24.3 Å². The molecule has 0 fully saturated rings. The molecule has 0 unspecified atom stereocenters. The molecule has 348 valence electrons. The molecule has 0 N–H and O–H groups in total. The van der Waals surface area contributed by atoms with Crippen molar-refractivity contribution in [1.29, 1.82) is 0 Å². The average molecular weight is 945 g/mol. The van der Waals surface area contributed by atoms with Gasteiger partial charge in [0, 0.05) is 33.4 Å². The van der Waals surface area contributed by atoms with Crippen molar-refractivity contribution >= 4 is 11.6 Å². The van der Waals surface area contributed by atoms with Crippen molar-refractivity contribution < 1.29 is 49.8 Å². The molecule has 0 saturated heterocycles. The summed E-state index contributed by atoms with van der Waals surface area (Å²) in [6.07, 6.45) is -11.6. The van der Waals surface area contributed by atoms with Gasteiger partial charge in [-0.25, -0.2) is 0 Å². The minimum Gasteiger partial charge on any atom is -0.457 e. The molecule has 13 heteroatoms. The molecule has 9 aromatic rings. The number of alkyl halides is 6. The Hall–Kier alpha value is -8.58. The lowest BCUT2D eigenvalue weighted by atomic mass is 9.73. The third-order valence-corrected chi connectivity index (χ3v) is 11.8. The number of nitrogens with zero attached hydrogens (tertiary/aromatic N) is 2. The van der Waals surface area contributed by atoms with E-state index in [1.165, 1.54) is 48.5 Å². The van der Waals surface area contributed by atoms with Crippen LogP contribution < -0.4 is 9.47 Å². The van der Waals surface area contributed by atoms with Crippen LogP contribution in [0.2, 0.25) is 0 Å². The molecule has 0 aliphatic carbocycles. The molecule has 0 bridgehead atoms. The van der Waals surface area contributed by atoms with Crippen molar-refractivity contribution in [3.8, 4) is 57.0 Å². The quantitative estimate of drug-likeness (QED) is 0.0840. The van der Waals surface area contributed by atoms with Crippen LogP contribution in [0, 0.1) is 13.8 Å². The number of carbonyl (C=O) groups excluding carboxylic acids is 2. The Morgan fingerprint density at radius 2 is 0.629 bits per heavy atom. The first-order valence-electron chi connectivity index (χ1n) is 21.7. The smallest absolute Gasteiger partial charge is 0.411 e. The molecule has 0 atom stereocenters. The first-order valence-corrected chi connectivity index (χ1v) is 21.7. The van der Waals surface area contributed by atoms with Gasteiger partial charge in [0.15, 0.2) is 11.6 Å². The lowest BCUT2D eigenvalue weighted by molar-refractivity contribution is -0.288. The van der Waals surface area contributed by atoms with Gasteiger partial charge in [-0.2, -0.15) is 26.3 Å². The normalized spacial score (nSPS) is 11.8. The summed E-state index contributed by atoms with van der Waals surface area (Å²) in [4.78, 5) is 26.3. The van der Waals surface area contributed by atoms with E-state index in [9.17, 15) is 35.9 Å². The number of ether oxygens (including phenoxy) is 2. The van der Waals surface area contributed by atoms with E-state index in [4.69, 9.17) is 13.9 Å². The number of ketones is 2. The van der Waals surface area contributed by atoms with E-state index >= 15 is 0 Å². The molecule has 0 amide bonds. The van der Waals surface area contributed by atoms with Crippen molar-refractivity contribution in [3.63, 3.8) is 0 Å². The molecule has 0 radical (unpaired) electrons.